The van der Waals surface area contributed by atoms with E-state index in [0.717, 1.165) is 19.6 Å². The van der Waals surface area contributed by atoms with Gasteiger partial charge in [-0.1, -0.05) is 0 Å². The van der Waals surface area contributed by atoms with Crippen molar-refractivity contribution in [2.45, 2.75) is 13.1 Å². The Morgan fingerprint density at radius 3 is 2.76 bits per heavy atom. The van der Waals surface area contributed by atoms with Crippen LogP contribution < -0.4 is 5.73 Å². The number of anilines is 1. The monoisotopic (exact) mass is 231 g/mol. The van der Waals surface area contributed by atoms with Gasteiger partial charge in [-0.2, -0.15) is 5.10 Å². The molecular weight excluding hydrogens is 214 g/mol. The third-order valence-corrected chi connectivity index (χ3v) is 2.57. The summed E-state index contributed by atoms with van der Waals surface area (Å²) in [5.41, 5.74) is 7.58. The molecule has 17 heavy (non-hydrogen) atoms. The molecule has 2 aromatic heterocycles. The van der Waals surface area contributed by atoms with Gasteiger partial charge in [0, 0.05) is 31.7 Å². The highest BCUT2D eigenvalue weighted by molar-refractivity contribution is 5.30. The van der Waals surface area contributed by atoms with Gasteiger partial charge in [0.05, 0.1) is 18.4 Å². The van der Waals surface area contributed by atoms with Crippen LogP contribution in [0.1, 0.15) is 5.56 Å². The normalized spacial score (nSPS) is 10.9. The molecule has 0 atom stereocenters. The number of rotatable bonds is 5. The first-order valence-electron chi connectivity index (χ1n) is 5.59. The van der Waals surface area contributed by atoms with Crippen LogP contribution in [0.4, 0.5) is 5.69 Å². The average molecular weight is 231 g/mol. The topological polar surface area (TPSA) is 60.0 Å². The second-order valence-corrected chi connectivity index (χ2v) is 4.13. The highest BCUT2D eigenvalue weighted by Gasteiger charge is 2.01. The van der Waals surface area contributed by atoms with Gasteiger partial charge in [-0.3, -0.25) is 9.67 Å². The molecule has 90 valence electrons. The molecule has 0 radical (unpaired) electrons. The van der Waals surface area contributed by atoms with Crippen LogP contribution in [0.5, 0.6) is 0 Å². The lowest BCUT2D eigenvalue weighted by molar-refractivity contribution is 0.305. The molecule has 0 unspecified atom stereocenters. The minimum atomic E-state index is 0.710. The fourth-order valence-corrected chi connectivity index (χ4v) is 1.65. The average Bonchev–Trinajstić information content (AvgIpc) is 2.74. The third kappa shape index (κ3) is 3.57. The number of likely N-dealkylation sites (N-methyl/N-ethyl adjacent to an activating group) is 1. The van der Waals surface area contributed by atoms with E-state index in [0.29, 0.717) is 5.69 Å². The lowest BCUT2D eigenvalue weighted by Gasteiger charge is -2.16. The quantitative estimate of drug-likeness (QED) is 0.833. The maximum atomic E-state index is 5.60. The highest BCUT2D eigenvalue weighted by Crippen LogP contribution is 2.02. The first-order chi connectivity index (χ1) is 8.24. The maximum absolute atomic E-state index is 5.60. The van der Waals surface area contributed by atoms with E-state index in [4.69, 9.17) is 5.73 Å². The predicted molar refractivity (Wildman–Crippen MR) is 67.2 cm³/mol. The van der Waals surface area contributed by atoms with Crippen LogP contribution in [-0.4, -0.2) is 33.3 Å². The van der Waals surface area contributed by atoms with Gasteiger partial charge in [0.2, 0.25) is 0 Å². The van der Waals surface area contributed by atoms with Crippen molar-refractivity contribution in [3.05, 3.63) is 42.5 Å². The van der Waals surface area contributed by atoms with E-state index in [1.54, 1.807) is 6.20 Å². The fraction of sp³-hybridized carbons (Fsp3) is 0.333. The Kier molecular flexibility index (Phi) is 3.72. The Bertz CT molecular complexity index is 451. The number of nitrogen functional groups attached to an aromatic ring is 1. The number of hydrogen-bond acceptors (Lipinski definition) is 4. The summed E-state index contributed by atoms with van der Waals surface area (Å²) in [5.74, 6) is 0. The van der Waals surface area contributed by atoms with Gasteiger partial charge in [0.1, 0.15) is 0 Å². The number of hydrogen-bond donors (Lipinski definition) is 1. The van der Waals surface area contributed by atoms with Crippen LogP contribution in [0.2, 0.25) is 0 Å². The molecule has 0 spiro atoms. The maximum Gasteiger partial charge on any atom is 0.0719 e. The Labute approximate surface area is 101 Å². The molecule has 0 saturated heterocycles. The van der Waals surface area contributed by atoms with Crippen molar-refractivity contribution in [1.82, 2.24) is 19.7 Å². The highest BCUT2D eigenvalue weighted by atomic mass is 15.3. The summed E-state index contributed by atoms with van der Waals surface area (Å²) in [6.45, 7) is 2.70. The van der Waals surface area contributed by atoms with Crippen molar-refractivity contribution in [1.29, 1.82) is 0 Å². The van der Waals surface area contributed by atoms with Crippen LogP contribution in [-0.2, 0) is 13.1 Å². The number of nitrogens with two attached hydrogens (primary N) is 1. The van der Waals surface area contributed by atoms with Gasteiger partial charge >= 0.3 is 0 Å². The van der Waals surface area contributed by atoms with Gasteiger partial charge in [-0.25, -0.2) is 0 Å². The number of nitrogens with zero attached hydrogens (tertiary/aromatic N) is 4. The summed E-state index contributed by atoms with van der Waals surface area (Å²) in [4.78, 5) is 6.25. The van der Waals surface area contributed by atoms with E-state index in [2.05, 4.69) is 22.0 Å². The molecule has 0 saturated carbocycles. The van der Waals surface area contributed by atoms with Gasteiger partial charge in [0.25, 0.3) is 0 Å². The fourth-order valence-electron chi connectivity index (χ4n) is 1.65. The second-order valence-electron chi connectivity index (χ2n) is 4.13. The minimum absolute atomic E-state index is 0.710. The SMILES string of the molecule is CN(CCn1cc(N)cn1)Cc1ccncc1. The second kappa shape index (κ2) is 5.45. The van der Waals surface area contributed by atoms with Crippen molar-refractivity contribution in [2.24, 2.45) is 0 Å². The molecule has 2 heterocycles. The molecule has 0 fully saturated rings. The van der Waals surface area contributed by atoms with Crippen molar-refractivity contribution in [3.8, 4) is 0 Å². The molecule has 0 aliphatic rings. The van der Waals surface area contributed by atoms with Crippen molar-refractivity contribution >= 4 is 5.69 Å². The Morgan fingerprint density at radius 1 is 1.35 bits per heavy atom. The smallest absolute Gasteiger partial charge is 0.0719 e. The van der Waals surface area contributed by atoms with Crippen molar-refractivity contribution in [3.63, 3.8) is 0 Å². The standard InChI is InChI=1S/C12H17N5/c1-16(9-11-2-4-14-5-3-11)6-7-17-10-12(13)8-15-17/h2-5,8,10H,6-7,9,13H2,1H3. The zero-order chi connectivity index (χ0) is 12.1. The largest absolute Gasteiger partial charge is 0.396 e. The van der Waals surface area contributed by atoms with Crippen LogP contribution in [0.15, 0.2) is 36.9 Å². The molecule has 0 amide bonds. The van der Waals surface area contributed by atoms with Crippen LogP contribution in [0.25, 0.3) is 0 Å². The lowest BCUT2D eigenvalue weighted by atomic mass is 10.2. The molecule has 0 aliphatic heterocycles. The molecule has 0 bridgehead atoms. The molecule has 2 rings (SSSR count). The number of pyridine rings is 1. The first kappa shape index (κ1) is 11.6. The molecule has 0 aliphatic carbocycles. The Balaban J connectivity index is 1.80. The van der Waals surface area contributed by atoms with Crippen LogP contribution in [0.3, 0.4) is 0 Å². The predicted octanol–water partition coefficient (Wildman–Crippen LogP) is 0.992. The van der Waals surface area contributed by atoms with E-state index < -0.39 is 0 Å². The molecule has 2 N–H and O–H groups in total. The Morgan fingerprint density at radius 2 is 2.12 bits per heavy atom. The summed E-state index contributed by atoms with van der Waals surface area (Å²) in [6, 6.07) is 4.06. The third-order valence-electron chi connectivity index (χ3n) is 2.57. The van der Waals surface area contributed by atoms with Crippen LogP contribution >= 0.6 is 0 Å². The Hall–Kier alpha value is -1.88. The molecule has 0 aromatic carbocycles. The van der Waals surface area contributed by atoms with Crippen molar-refractivity contribution in [2.75, 3.05) is 19.3 Å². The minimum Gasteiger partial charge on any atom is -0.396 e. The molecule has 2 aromatic rings. The molecule has 5 nitrogen and oxygen atoms in total. The summed E-state index contributed by atoms with van der Waals surface area (Å²) in [7, 11) is 2.09. The van der Waals surface area contributed by atoms with Crippen molar-refractivity contribution < 1.29 is 0 Å². The van der Waals surface area contributed by atoms with E-state index in [1.807, 2.05) is 35.4 Å². The van der Waals surface area contributed by atoms with Crippen LogP contribution in [0, 0.1) is 0 Å². The summed E-state index contributed by atoms with van der Waals surface area (Å²) in [5, 5.41) is 4.15. The van der Waals surface area contributed by atoms with E-state index >= 15 is 0 Å². The van der Waals surface area contributed by atoms with E-state index in [9.17, 15) is 0 Å². The first-order valence-corrected chi connectivity index (χ1v) is 5.59. The van der Waals surface area contributed by atoms with Gasteiger partial charge in [-0.05, 0) is 24.7 Å². The van der Waals surface area contributed by atoms with E-state index in [1.165, 1.54) is 5.56 Å². The molecule has 5 heteroatoms. The molecular formula is C12H17N5. The summed E-state index contributed by atoms with van der Waals surface area (Å²) < 4.78 is 1.86. The lowest BCUT2D eigenvalue weighted by Crippen LogP contribution is -2.23. The van der Waals surface area contributed by atoms with Gasteiger partial charge < -0.3 is 10.6 Å². The van der Waals surface area contributed by atoms with E-state index in [-0.39, 0.29) is 0 Å². The number of aromatic nitrogens is 3. The van der Waals surface area contributed by atoms with Gasteiger partial charge in [0.15, 0.2) is 0 Å². The zero-order valence-electron chi connectivity index (χ0n) is 9.95. The summed E-state index contributed by atoms with van der Waals surface area (Å²) in [6.07, 6.45) is 7.15. The van der Waals surface area contributed by atoms with Gasteiger partial charge in [-0.15, -0.1) is 0 Å². The zero-order valence-corrected chi connectivity index (χ0v) is 9.95. The summed E-state index contributed by atoms with van der Waals surface area (Å²) >= 11 is 0.